The van der Waals surface area contributed by atoms with Crippen molar-refractivity contribution in [2.75, 3.05) is 11.9 Å². The van der Waals surface area contributed by atoms with E-state index >= 15 is 0 Å². The minimum Gasteiger partial charge on any atom is -0.386 e. The van der Waals surface area contributed by atoms with Crippen molar-refractivity contribution >= 4 is 28.2 Å². The average molecular weight is 317 g/mol. The maximum Gasteiger partial charge on any atom is 0.129 e. The van der Waals surface area contributed by atoms with Gasteiger partial charge in [0.2, 0.25) is 0 Å². The van der Waals surface area contributed by atoms with E-state index < -0.39 is 11.9 Å². The Bertz CT molecular complexity index is 810. The van der Waals surface area contributed by atoms with Crippen molar-refractivity contribution in [1.29, 1.82) is 0 Å². The molecule has 1 unspecified atom stereocenters. The van der Waals surface area contributed by atoms with Gasteiger partial charge < -0.3 is 10.4 Å². The van der Waals surface area contributed by atoms with E-state index in [1.54, 1.807) is 36.5 Å². The van der Waals surface area contributed by atoms with Crippen molar-refractivity contribution in [3.8, 4) is 0 Å². The Balaban J connectivity index is 1.81. The molecule has 0 aliphatic carbocycles. The van der Waals surface area contributed by atoms with Gasteiger partial charge in [0.05, 0.1) is 11.6 Å². The summed E-state index contributed by atoms with van der Waals surface area (Å²) in [7, 11) is 0. The molecular weight excluding hydrogens is 303 g/mol. The van der Waals surface area contributed by atoms with Crippen LogP contribution in [0.1, 0.15) is 11.7 Å². The van der Waals surface area contributed by atoms with Crippen LogP contribution in [0.3, 0.4) is 0 Å². The summed E-state index contributed by atoms with van der Waals surface area (Å²) in [6.07, 6.45) is 0.730. The summed E-state index contributed by atoms with van der Waals surface area (Å²) < 4.78 is 13.7. The van der Waals surface area contributed by atoms with E-state index in [2.05, 4.69) is 10.3 Å². The normalized spacial score (nSPS) is 12.3. The predicted molar refractivity (Wildman–Crippen MR) is 86.6 cm³/mol. The first-order valence-corrected chi connectivity index (χ1v) is 7.23. The molecule has 0 aliphatic heterocycles. The topological polar surface area (TPSA) is 45.1 Å². The fourth-order valence-electron chi connectivity index (χ4n) is 2.34. The molecule has 1 atom stereocenters. The van der Waals surface area contributed by atoms with Gasteiger partial charge in [-0.15, -0.1) is 0 Å². The van der Waals surface area contributed by atoms with Crippen molar-refractivity contribution in [1.82, 2.24) is 4.98 Å². The number of anilines is 1. The van der Waals surface area contributed by atoms with E-state index in [0.717, 1.165) is 16.6 Å². The second kappa shape index (κ2) is 6.30. The standard InChI is InChI=1S/C17H14ClFN2O/c18-11-5-6-13-15(7-8-20-16(13)9-11)21-10-17(22)12-3-1-2-4-14(12)19/h1-9,17,22H,10H2,(H,20,21). The lowest BCUT2D eigenvalue weighted by Gasteiger charge is -2.15. The molecule has 0 amide bonds. The molecule has 2 aromatic carbocycles. The SMILES string of the molecule is OC(CNc1ccnc2cc(Cl)ccc12)c1ccccc1F. The summed E-state index contributed by atoms with van der Waals surface area (Å²) in [6.45, 7) is 0.197. The molecule has 0 aliphatic rings. The highest BCUT2D eigenvalue weighted by molar-refractivity contribution is 6.31. The van der Waals surface area contributed by atoms with Crippen molar-refractivity contribution in [3.63, 3.8) is 0 Å². The number of rotatable bonds is 4. The number of benzene rings is 2. The summed E-state index contributed by atoms with van der Waals surface area (Å²) in [6, 6.07) is 13.4. The molecule has 5 heteroatoms. The lowest BCUT2D eigenvalue weighted by Crippen LogP contribution is -2.13. The molecule has 3 rings (SSSR count). The third-order valence-electron chi connectivity index (χ3n) is 3.45. The van der Waals surface area contributed by atoms with E-state index in [0.29, 0.717) is 5.02 Å². The van der Waals surface area contributed by atoms with Crippen LogP contribution in [0, 0.1) is 5.82 Å². The predicted octanol–water partition coefficient (Wildman–Crippen LogP) is 4.17. The molecule has 22 heavy (non-hydrogen) atoms. The largest absolute Gasteiger partial charge is 0.386 e. The third kappa shape index (κ3) is 3.03. The monoisotopic (exact) mass is 316 g/mol. The van der Waals surface area contributed by atoms with Crippen LogP contribution in [-0.4, -0.2) is 16.6 Å². The first-order chi connectivity index (χ1) is 10.6. The van der Waals surface area contributed by atoms with Gasteiger partial charge in [0.25, 0.3) is 0 Å². The Hall–Kier alpha value is -2.17. The number of fused-ring (bicyclic) bond motifs is 1. The van der Waals surface area contributed by atoms with Crippen molar-refractivity contribution in [2.45, 2.75) is 6.10 Å². The Labute approximate surface area is 132 Å². The lowest BCUT2D eigenvalue weighted by molar-refractivity contribution is 0.186. The first-order valence-electron chi connectivity index (χ1n) is 6.86. The molecule has 1 heterocycles. The van der Waals surface area contributed by atoms with Gasteiger partial charge in [0, 0.05) is 34.4 Å². The average Bonchev–Trinajstić information content (AvgIpc) is 2.52. The van der Waals surface area contributed by atoms with Crippen LogP contribution < -0.4 is 5.32 Å². The summed E-state index contributed by atoms with van der Waals surface area (Å²) in [5.74, 6) is -0.414. The van der Waals surface area contributed by atoms with E-state index in [4.69, 9.17) is 11.6 Å². The van der Waals surface area contributed by atoms with Gasteiger partial charge >= 0.3 is 0 Å². The van der Waals surface area contributed by atoms with Gasteiger partial charge in [-0.2, -0.15) is 0 Å². The summed E-state index contributed by atoms with van der Waals surface area (Å²) in [5.41, 5.74) is 1.85. The van der Waals surface area contributed by atoms with Crippen LogP contribution in [0.5, 0.6) is 0 Å². The Morgan fingerprint density at radius 3 is 2.82 bits per heavy atom. The second-order valence-corrected chi connectivity index (χ2v) is 5.37. The number of aliphatic hydroxyl groups excluding tert-OH is 1. The fraction of sp³-hybridized carbons (Fsp3) is 0.118. The first kappa shape index (κ1) is 14.8. The minimum atomic E-state index is -0.934. The van der Waals surface area contributed by atoms with E-state index in [1.165, 1.54) is 6.07 Å². The third-order valence-corrected chi connectivity index (χ3v) is 3.69. The highest BCUT2D eigenvalue weighted by atomic mass is 35.5. The molecule has 3 aromatic rings. The molecular formula is C17H14ClFN2O. The molecule has 2 N–H and O–H groups in total. The number of aromatic nitrogens is 1. The molecule has 0 saturated carbocycles. The number of halogens is 2. The molecule has 0 bridgehead atoms. The number of hydrogen-bond acceptors (Lipinski definition) is 3. The van der Waals surface area contributed by atoms with Crippen LogP contribution >= 0.6 is 11.6 Å². The van der Waals surface area contributed by atoms with Gasteiger partial charge in [-0.05, 0) is 30.3 Å². The van der Waals surface area contributed by atoms with Crippen LogP contribution in [-0.2, 0) is 0 Å². The van der Waals surface area contributed by atoms with Crippen LogP contribution in [0.4, 0.5) is 10.1 Å². The molecule has 0 fully saturated rings. The van der Waals surface area contributed by atoms with Crippen molar-refractivity contribution in [3.05, 3.63) is 71.1 Å². The van der Waals surface area contributed by atoms with Gasteiger partial charge in [-0.1, -0.05) is 29.8 Å². The highest BCUT2D eigenvalue weighted by Crippen LogP contribution is 2.25. The Morgan fingerprint density at radius 1 is 1.18 bits per heavy atom. The highest BCUT2D eigenvalue weighted by Gasteiger charge is 2.12. The molecule has 0 saturated heterocycles. The van der Waals surface area contributed by atoms with E-state index in [9.17, 15) is 9.50 Å². The van der Waals surface area contributed by atoms with Crippen LogP contribution in [0.2, 0.25) is 5.02 Å². The molecule has 112 valence electrons. The zero-order chi connectivity index (χ0) is 15.5. The number of aliphatic hydroxyl groups is 1. The summed E-state index contributed by atoms with van der Waals surface area (Å²) in [4.78, 5) is 4.26. The molecule has 0 radical (unpaired) electrons. The summed E-state index contributed by atoms with van der Waals surface area (Å²) >= 11 is 5.95. The quantitative estimate of drug-likeness (QED) is 0.759. The Kier molecular flexibility index (Phi) is 4.22. The number of hydrogen-bond donors (Lipinski definition) is 2. The lowest BCUT2D eigenvalue weighted by atomic mass is 10.1. The second-order valence-electron chi connectivity index (χ2n) is 4.94. The number of pyridine rings is 1. The number of nitrogens with zero attached hydrogens (tertiary/aromatic N) is 1. The van der Waals surface area contributed by atoms with Gasteiger partial charge in [-0.3, -0.25) is 4.98 Å². The smallest absolute Gasteiger partial charge is 0.129 e. The van der Waals surface area contributed by atoms with E-state index in [-0.39, 0.29) is 12.1 Å². The minimum absolute atomic E-state index is 0.197. The van der Waals surface area contributed by atoms with Crippen molar-refractivity contribution < 1.29 is 9.50 Å². The Morgan fingerprint density at radius 2 is 2.00 bits per heavy atom. The fourth-order valence-corrected chi connectivity index (χ4v) is 2.50. The van der Waals surface area contributed by atoms with Crippen LogP contribution in [0.15, 0.2) is 54.7 Å². The van der Waals surface area contributed by atoms with Crippen molar-refractivity contribution in [2.24, 2.45) is 0 Å². The maximum absolute atomic E-state index is 13.7. The maximum atomic E-state index is 13.7. The van der Waals surface area contributed by atoms with Gasteiger partial charge in [0.15, 0.2) is 0 Å². The zero-order valence-corrected chi connectivity index (χ0v) is 12.4. The number of nitrogens with one attached hydrogen (secondary N) is 1. The summed E-state index contributed by atoms with van der Waals surface area (Å²) in [5, 5.41) is 14.8. The van der Waals surface area contributed by atoms with Gasteiger partial charge in [0.1, 0.15) is 5.82 Å². The zero-order valence-electron chi connectivity index (χ0n) is 11.6. The molecule has 0 spiro atoms. The molecule has 3 nitrogen and oxygen atoms in total. The molecule has 1 aromatic heterocycles. The van der Waals surface area contributed by atoms with E-state index in [1.807, 2.05) is 12.1 Å². The van der Waals surface area contributed by atoms with Crippen LogP contribution in [0.25, 0.3) is 10.9 Å². The van der Waals surface area contributed by atoms with Gasteiger partial charge in [-0.25, -0.2) is 4.39 Å².